The zero-order valence-corrected chi connectivity index (χ0v) is 10.5. The lowest BCUT2D eigenvalue weighted by molar-refractivity contribution is 0.367. The van der Waals surface area contributed by atoms with Gasteiger partial charge in [0.25, 0.3) is 0 Å². The summed E-state index contributed by atoms with van der Waals surface area (Å²) < 4.78 is 10.1. The monoisotopic (exact) mass is 234 g/mol. The van der Waals surface area contributed by atoms with E-state index in [1.165, 1.54) is 0 Å². The van der Waals surface area contributed by atoms with E-state index < -0.39 is 0 Å². The molecule has 2 aromatic rings. The molecule has 0 aliphatic rings. The third-order valence-corrected chi connectivity index (χ3v) is 2.96. The first-order valence-corrected chi connectivity index (χ1v) is 6.02. The Morgan fingerprint density at radius 3 is 2.59 bits per heavy atom. The standard InChI is InChI=1S/C13H18N2O2/c1-9(2)13-8-11(17-15-13)5-4-10(3)12-6-7-16-14-12/h6-10H,4-5H2,1-3H3. The Hall–Kier alpha value is -1.58. The van der Waals surface area contributed by atoms with E-state index in [1.54, 1.807) is 6.26 Å². The van der Waals surface area contributed by atoms with E-state index in [-0.39, 0.29) is 0 Å². The molecule has 1 atom stereocenters. The lowest BCUT2D eigenvalue weighted by Crippen LogP contribution is -1.96. The summed E-state index contributed by atoms with van der Waals surface area (Å²) >= 11 is 0. The molecule has 1 unspecified atom stereocenters. The van der Waals surface area contributed by atoms with Crippen LogP contribution >= 0.6 is 0 Å². The second-order valence-electron chi connectivity index (χ2n) is 4.74. The molecule has 0 saturated heterocycles. The molecule has 0 radical (unpaired) electrons. The van der Waals surface area contributed by atoms with Crippen LogP contribution in [0.5, 0.6) is 0 Å². The molecule has 0 fully saturated rings. The molecular weight excluding hydrogens is 216 g/mol. The lowest BCUT2D eigenvalue weighted by Gasteiger charge is -2.04. The Morgan fingerprint density at radius 2 is 2.00 bits per heavy atom. The minimum absolute atomic E-state index is 0.376. The van der Waals surface area contributed by atoms with Gasteiger partial charge in [-0.15, -0.1) is 0 Å². The third kappa shape index (κ3) is 2.96. The van der Waals surface area contributed by atoms with Crippen LogP contribution in [0.25, 0.3) is 0 Å². The molecule has 2 rings (SSSR count). The van der Waals surface area contributed by atoms with Crippen LogP contribution in [0.1, 0.15) is 56.2 Å². The summed E-state index contributed by atoms with van der Waals surface area (Å²) in [6, 6.07) is 3.95. The Labute approximate surface area is 101 Å². The van der Waals surface area contributed by atoms with E-state index in [0.29, 0.717) is 11.8 Å². The summed E-state index contributed by atoms with van der Waals surface area (Å²) in [6.07, 6.45) is 3.48. The highest BCUT2D eigenvalue weighted by Gasteiger charge is 2.12. The molecule has 0 saturated carbocycles. The second kappa shape index (κ2) is 5.17. The number of hydrogen-bond acceptors (Lipinski definition) is 4. The highest BCUT2D eigenvalue weighted by Crippen LogP contribution is 2.21. The average molecular weight is 234 g/mol. The predicted molar refractivity (Wildman–Crippen MR) is 63.8 cm³/mol. The minimum atomic E-state index is 0.376. The minimum Gasteiger partial charge on any atom is -0.365 e. The van der Waals surface area contributed by atoms with Crippen molar-refractivity contribution >= 4 is 0 Å². The molecule has 0 amide bonds. The van der Waals surface area contributed by atoms with Crippen LogP contribution in [0.3, 0.4) is 0 Å². The van der Waals surface area contributed by atoms with E-state index in [1.807, 2.05) is 12.1 Å². The van der Waals surface area contributed by atoms with Gasteiger partial charge >= 0.3 is 0 Å². The van der Waals surface area contributed by atoms with Crippen LogP contribution in [0.4, 0.5) is 0 Å². The van der Waals surface area contributed by atoms with Crippen molar-refractivity contribution in [1.29, 1.82) is 0 Å². The summed E-state index contributed by atoms with van der Waals surface area (Å²) in [5.41, 5.74) is 2.02. The molecule has 2 heterocycles. The van der Waals surface area contributed by atoms with Crippen molar-refractivity contribution in [2.45, 2.75) is 45.4 Å². The number of rotatable bonds is 5. The van der Waals surface area contributed by atoms with Gasteiger partial charge in [0.05, 0.1) is 11.4 Å². The van der Waals surface area contributed by atoms with Crippen LogP contribution < -0.4 is 0 Å². The van der Waals surface area contributed by atoms with Crippen molar-refractivity contribution in [1.82, 2.24) is 10.3 Å². The number of hydrogen-bond donors (Lipinski definition) is 0. The summed E-state index contributed by atoms with van der Waals surface area (Å²) in [5.74, 6) is 1.74. The quantitative estimate of drug-likeness (QED) is 0.794. The zero-order chi connectivity index (χ0) is 12.3. The molecule has 92 valence electrons. The molecule has 0 bridgehead atoms. The van der Waals surface area contributed by atoms with Gasteiger partial charge in [0.1, 0.15) is 12.0 Å². The van der Waals surface area contributed by atoms with E-state index in [9.17, 15) is 0 Å². The van der Waals surface area contributed by atoms with Gasteiger partial charge in [-0.1, -0.05) is 31.1 Å². The van der Waals surface area contributed by atoms with E-state index in [2.05, 4.69) is 31.1 Å². The Balaban J connectivity index is 1.89. The summed E-state index contributed by atoms with van der Waals surface area (Å²) in [6.45, 7) is 6.36. The third-order valence-electron chi connectivity index (χ3n) is 2.96. The molecule has 4 heteroatoms. The molecule has 4 nitrogen and oxygen atoms in total. The molecule has 0 aliphatic carbocycles. The maximum Gasteiger partial charge on any atom is 0.137 e. The molecule has 0 aromatic carbocycles. The van der Waals surface area contributed by atoms with Crippen molar-refractivity contribution in [2.24, 2.45) is 0 Å². The average Bonchev–Trinajstić information content (AvgIpc) is 2.97. The lowest BCUT2D eigenvalue weighted by atomic mass is 10.0. The van der Waals surface area contributed by atoms with Crippen molar-refractivity contribution in [2.75, 3.05) is 0 Å². The van der Waals surface area contributed by atoms with Gasteiger partial charge in [-0.25, -0.2) is 0 Å². The number of nitrogens with zero attached hydrogens (tertiary/aromatic N) is 2. The highest BCUT2D eigenvalue weighted by atomic mass is 16.5. The van der Waals surface area contributed by atoms with Crippen LogP contribution in [0, 0.1) is 0 Å². The Morgan fingerprint density at radius 1 is 1.18 bits per heavy atom. The molecule has 2 aromatic heterocycles. The van der Waals surface area contributed by atoms with Crippen LogP contribution in [-0.4, -0.2) is 10.3 Å². The van der Waals surface area contributed by atoms with Gasteiger partial charge in [-0.3, -0.25) is 0 Å². The topological polar surface area (TPSA) is 52.1 Å². The van der Waals surface area contributed by atoms with Crippen molar-refractivity contribution in [3.63, 3.8) is 0 Å². The van der Waals surface area contributed by atoms with Gasteiger partial charge in [0.15, 0.2) is 0 Å². The van der Waals surface area contributed by atoms with Gasteiger partial charge in [0, 0.05) is 24.5 Å². The van der Waals surface area contributed by atoms with E-state index in [4.69, 9.17) is 9.05 Å². The molecule has 0 aliphatic heterocycles. The fourth-order valence-electron chi connectivity index (χ4n) is 1.70. The Kier molecular flexibility index (Phi) is 3.61. The fourth-order valence-corrected chi connectivity index (χ4v) is 1.70. The number of aryl methyl sites for hydroxylation is 1. The summed E-state index contributed by atoms with van der Waals surface area (Å²) in [5, 5.41) is 7.99. The van der Waals surface area contributed by atoms with Gasteiger partial charge in [-0.05, 0) is 12.3 Å². The van der Waals surface area contributed by atoms with Crippen molar-refractivity contribution in [3.05, 3.63) is 35.5 Å². The largest absolute Gasteiger partial charge is 0.365 e. The zero-order valence-electron chi connectivity index (χ0n) is 10.5. The fraction of sp³-hybridized carbons (Fsp3) is 0.538. The summed E-state index contributed by atoms with van der Waals surface area (Å²) in [4.78, 5) is 0. The smallest absolute Gasteiger partial charge is 0.137 e. The molecule has 0 N–H and O–H groups in total. The SMILES string of the molecule is CC(C)c1cc(CCC(C)c2ccon2)on1. The maximum atomic E-state index is 5.30. The van der Waals surface area contributed by atoms with Crippen LogP contribution in [0.15, 0.2) is 27.4 Å². The second-order valence-corrected chi connectivity index (χ2v) is 4.74. The van der Waals surface area contributed by atoms with E-state index >= 15 is 0 Å². The first kappa shape index (κ1) is 11.9. The highest BCUT2D eigenvalue weighted by molar-refractivity contribution is 5.10. The van der Waals surface area contributed by atoms with Gasteiger partial charge in [0.2, 0.25) is 0 Å². The molecule has 17 heavy (non-hydrogen) atoms. The van der Waals surface area contributed by atoms with Crippen LogP contribution in [-0.2, 0) is 6.42 Å². The first-order valence-electron chi connectivity index (χ1n) is 6.02. The van der Waals surface area contributed by atoms with Crippen molar-refractivity contribution < 1.29 is 9.05 Å². The normalized spacial score (nSPS) is 13.2. The Bertz CT molecular complexity index is 446. The molecular formula is C13H18N2O2. The van der Waals surface area contributed by atoms with Gasteiger partial charge in [-0.2, -0.15) is 0 Å². The van der Waals surface area contributed by atoms with Gasteiger partial charge < -0.3 is 9.05 Å². The maximum absolute atomic E-state index is 5.30. The predicted octanol–water partition coefficient (Wildman–Crippen LogP) is 3.52. The van der Waals surface area contributed by atoms with E-state index in [0.717, 1.165) is 30.0 Å². The van der Waals surface area contributed by atoms with Crippen molar-refractivity contribution in [3.8, 4) is 0 Å². The molecule has 0 spiro atoms. The van der Waals surface area contributed by atoms with Crippen LogP contribution in [0.2, 0.25) is 0 Å². The number of aromatic nitrogens is 2. The summed E-state index contributed by atoms with van der Waals surface area (Å²) in [7, 11) is 0. The first-order chi connectivity index (χ1) is 8.16.